The highest BCUT2D eigenvalue weighted by Gasteiger charge is 2.73. The SMILES string of the molecule is CC1(O)CCC2(CC1)NC(C(=O)NC13CCC(C(=O)O)(CC1)CC3)C(c1cccc(Cl)c1F)C21C(=O)Nc2cc(Cl)ccc21. The number of fused-ring (bicyclic) bond motifs is 6. The van der Waals surface area contributed by atoms with Gasteiger partial charge in [-0.3, -0.25) is 19.7 Å². The van der Waals surface area contributed by atoms with Crippen LogP contribution in [0.1, 0.15) is 88.2 Å². The smallest absolute Gasteiger partial charge is 0.309 e. The number of anilines is 1. The van der Waals surface area contributed by atoms with Crippen LogP contribution in [0.3, 0.4) is 0 Å². The van der Waals surface area contributed by atoms with Crippen molar-refractivity contribution in [3.05, 3.63) is 63.4 Å². The number of carboxylic acid groups (broad SMARTS) is 1. The van der Waals surface area contributed by atoms with Gasteiger partial charge in [0, 0.05) is 27.7 Å². The van der Waals surface area contributed by atoms with Crippen LogP contribution in [0.15, 0.2) is 36.4 Å². The van der Waals surface area contributed by atoms with E-state index in [9.17, 15) is 24.6 Å². The molecule has 2 spiro atoms. The van der Waals surface area contributed by atoms with E-state index >= 15 is 4.39 Å². The van der Waals surface area contributed by atoms with Crippen LogP contribution in [0.4, 0.5) is 10.1 Å². The molecule has 3 atom stereocenters. The number of carbonyl (C=O) groups excluding carboxylic acids is 2. The number of halogens is 3. The van der Waals surface area contributed by atoms with E-state index in [4.69, 9.17) is 23.2 Å². The van der Waals surface area contributed by atoms with E-state index in [0.717, 1.165) is 0 Å². The van der Waals surface area contributed by atoms with Gasteiger partial charge in [0.2, 0.25) is 11.8 Å². The third kappa shape index (κ3) is 4.11. The number of hydrogen-bond acceptors (Lipinski definition) is 5. The average molecular weight is 645 g/mol. The minimum absolute atomic E-state index is 0.109. The summed E-state index contributed by atoms with van der Waals surface area (Å²) in [5, 5.41) is 31.1. The molecule has 2 heterocycles. The lowest BCUT2D eigenvalue weighted by molar-refractivity contribution is -0.157. The van der Waals surface area contributed by atoms with Gasteiger partial charge in [0.1, 0.15) is 11.2 Å². The van der Waals surface area contributed by atoms with Crippen molar-refractivity contribution in [1.82, 2.24) is 10.6 Å². The van der Waals surface area contributed by atoms with Gasteiger partial charge < -0.3 is 20.8 Å². The van der Waals surface area contributed by atoms with Crippen LogP contribution >= 0.6 is 23.2 Å². The quantitative estimate of drug-likeness (QED) is 0.302. The molecule has 2 aliphatic heterocycles. The van der Waals surface area contributed by atoms with Crippen LogP contribution in [0.5, 0.6) is 0 Å². The maximum Gasteiger partial charge on any atom is 0.309 e. The Kier molecular flexibility index (Phi) is 6.73. The molecule has 8 nitrogen and oxygen atoms in total. The van der Waals surface area contributed by atoms with Crippen LogP contribution in [0, 0.1) is 11.2 Å². The largest absolute Gasteiger partial charge is 0.481 e. The van der Waals surface area contributed by atoms with Crippen molar-refractivity contribution in [2.45, 2.75) is 105 Å². The van der Waals surface area contributed by atoms with Crippen molar-refractivity contribution in [3.63, 3.8) is 0 Å². The third-order valence-electron chi connectivity index (χ3n) is 11.9. The number of rotatable bonds is 4. The molecule has 5 N–H and O–H groups in total. The first-order valence-electron chi connectivity index (χ1n) is 15.4. The van der Waals surface area contributed by atoms with E-state index < -0.39 is 51.3 Å². The number of amides is 2. The molecule has 6 aliphatic rings. The summed E-state index contributed by atoms with van der Waals surface area (Å²) in [6.07, 6.45) is 4.52. The second-order valence-corrected chi connectivity index (χ2v) is 15.0. The summed E-state index contributed by atoms with van der Waals surface area (Å²) in [5.41, 5.74) is -3.41. The average Bonchev–Trinajstić information content (AvgIpc) is 3.45. The van der Waals surface area contributed by atoms with Gasteiger partial charge in [0.05, 0.1) is 22.1 Å². The van der Waals surface area contributed by atoms with E-state index in [-0.39, 0.29) is 22.4 Å². The molecule has 4 saturated carbocycles. The molecule has 4 aliphatic carbocycles. The van der Waals surface area contributed by atoms with E-state index in [0.29, 0.717) is 80.5 Å². The number of carboxylic acids is 1. The van der Waals surface area contributed by atoms with Crippen LogP contribution in [-0.4, -0.2) is 50.7 Å². The summed E-state index contributed by atoms with van der Waals surface area (Å²) in [4.78, 5) is 41.2. The first-order chi connectivity index (χ1) is 20.8. The molecular weight excluding hydrogens is 608 g/mol. The fraction of sp³-hybridized carbons (Fsp3) is 0.545. The summed E-state index contributed by atoms with van der Waals surface area (Å²) in [6, 6.07) is 8.79. The highest BCUT2D eigenvalue weighted by atomic mass is 35.5. The zero-order chi connectivity index (χ0) is 31.3. The zero-order valence-electron chi connectivity index (χ0n) is 24.4. The van der Waals surface area contributed by atoms with E-state index in [2.05, 4.69) is 16.0 Å². The van der Waals surface area contributed by atoms with Crippen molar-refractivity contribution >= 4 is 46.7 Å². The van der Waals surface area contributed by atoms with Crippen LogP contribution < -0.4 is 16.0 Å². The Bertz CT molecular complexity index is 1560. The third-order valence-corrected chi connectivity index (χ3v) is 12.4. The fourth-order valence-electron chi connectivity index (χ4n) is 9.31. The van der Waals surface area contributed by atoms with Crippen LogP contribution in [0.25, 0.3) is 0 Å². The number of benzene rings is 2. The minimum Gasteiger partial charge on any atom is -0.481 e. The number of aliphatic carboxylic acids is 1. The number of carbonyl (C=O) groups is 3. The highest BCUT2D eigenvalue weighted by Crippen LogP contribution is 2.63. The second-order valence-electron chi connectivity index (χ2n) is 14.1. The molecule has 2 bridgehead atoms. The van der Waals surface area contributed by atoms with Gasteiger partial charge >= 0.3 is 5.97 Å². The highest BCUT2D eigenvalue weighted by molar-refractivity contribution is 6.31. The van der Waals surface area contributed by atoms with Crippen molar-refractivity contribution in [2.75, 3.05) is 5.32 Å². The van der Waals surface area contributed by atoms with Gasteiger partial charge in [0.15, 0.2) is 0 Å². The van der Waals surface area contributed by atoms with Gasteiger partial charge in [-0.15, -0.1) is 0 Å². The Morgan fingerprint density at radius 1 is 0.977 bits per heavy atom. The van der Waals surface area contributed by atoms with Crippen molar-refractivity contribution < 1.29 is 29.0 Å². The monoisotopic (exact) mass is 643 g/mol. The van der Waals surface area contributed by atoms with Gasteiger partial charge in [-0.25, -0.2) is 4.39 Å². The first kappa shape index (κ1) is 30.0. The Morgan fingerprint density at radius 3 is 2.27 bits per heavy atom. The number of hydrogen-bond donors (Lipinski definition) is 5. The lowest BCUT2D eigenvalue weighted by Crippen LogP contribution is -2.63. The van der Waals surface area contributed by atoms with Gasteiger partial charge in [-0.2, -0.15) is 0 Å². The Balaban J connectivity index is 1.38. The molecule has 234 valence electrons. The molecule has 2 aromatic carbocycles. The van der Waals surface area contributed by atoms with Gasteiger partial charge in [-0.05, 0) is 100 Å². The predicted octanol–water partition coefficient (Wildman–Crippen LogP) is 5.44. The van der Waals surface area contributed by atoms with Crippen molar-refractivity contribution in [2.24, 2.45) is 5.41 Å². The second kappa shape index (κ2) is 9.89. The molecule has 0 aromatic heterocycles. The lowest BCUT2D eigenvalue weighted by atomic mass is 9.54. The Morgan fingerprint density at radius 2 is 1.64 bits per heavy atom. The van der Waals surface area contributed by atoms with Crippen molar-refractivity contribution in [1.29, 1.82) is 0 Å². The Hall–Kier alpha value is -2.72. The molecule has 8 rings (SSSR count). The van der Waals surface area contributed by atoms with Crippen LogP contribution in [-0.2, 0) is 19.8 Å². The van der Waals surface area contributed by atoms with Gasteiger partial charge in [0.25, 0.3) is 0 Å². The van der Waals surface area contributed by atoms with Crippen molar-refractivity contribution in [3.8, 4) is 0 Å². The summed E-state index contributed by atoms with van der Waals surface area (Å²) < 4.78 is 16.2. The predicted molar refractivity (Wildman–Crippen MR) is 163 cm³/mol. The summed E-state index contributed by atoms with van der Waals surface area (Å²) in [5.74, 6) is -3.18. The molecule has 0 radical (unpaired) electrons. The molecule has 5 fully saturated rings. The molecule has 2 amide bonds. The maximum atomic E-state index is 16.2. The molecule has 1 saturated heterocycles. The number of nitrogens with one attached hydrogen (secondary N) is 3. The standard InChI is InChI=1S/C33H36Cl2FN3O5/c1-29(44)7-15-32(16-8-29)33(20-6-5-18(34)17-22(20)37-27(33)41)23(19-3-2-4-21(35)24(19)36)25(38-32)26(40)39-31-12-9-30(10-13-31,11-14-31)28(42)43/h2-6,17,23,25,38,44H,7-16H2,1H3,(H,37,41)(H,39,40)(H,42,43). The fourth-order valence-corrected chi connectivity index (χ4v) is 9.66. The summed E-state index contributed by atoms with van der Waals surface area (Å²) in [7, 11) is 0. The number of aliphatic hydroxyl groups is 1. The van der Waals surface area contributed by atoms with Gasteiger partial charge in [-0.1, -0.05) is 41.4 Å². The lowest BCUT2D eigenvalue weighted by Gasteiger charge is -2.52. The van der Waals surface area contributed by atoms with E-state index in [1.54, 1.807) is 37.3 Å². The molecular formula is C33H36Cl2FN3O5. The molecule has 3 unspecified atom stereocenters. The van der Waals surface area contributed by atoms with E-state index in [1.165, 1.54) is 6.07 Å². The molecule has 11 heteroatoms. The summed E-state index contributed by atoms with van der Waals surface area (Å²) >= 11 is 12.7. The first-order valence-corrected chi connectivity index (χ1v) is 16.1. The normalized spacial score (nSPS) is 39.0. The van der Waals surface area contributed by atoms with Crippen LogP contribution in [0.2, 0.25) is 10.0 Å². The molecule has 2 aromatic rings. The Labute approximate surface area is 265 Å². The topological polar surface area (TPSA) is 128 Å². The summed E-state index contributed by atoms with van der Waals surface area (Å²) in [6.45, 7) is 1.77. The zero-order valence-corrected chi connectivity index (χ0v) is 26.0. The molecule has 44 heavy (non-hydrogen) atoms. The minimum atomic E-state index is -1.42. The maximum absolute atomic E-state index is 16.2. The van der Waals surface area contributed by atoms with E-state index in [1.807, 2.05) is 0 Å².